The number of hydrazone groups is 1. The van der Waals surface area contributed by atoms with E-state index in [0.29, 0.717) is 27.9 Å². The molecular formula is C29H21N5O3. The summed E-state index contributed by atoms with van der Waals surface area (Å²) in [5.41, 5.74) is 12.8. The molecule has 0 saturated heterocycles. The molecule has 5 aromatic rings. The average Bonchev–Trinajstić information content (AvgIpc) is 2.93. The molecule has 0 spiro atoms. The van der Waals surface area contributed by atoms with Crippen molar-refractivity contribution in [2.75, 3.05) is 0 Å². The predicted molar refractivity (Wildman–Crippen MR) is 142 cm³/mol. The van der Waals surface area contributed by atoms with Gasteiger partial charge in [-0.25, -0.2) is 25.0 Å². The number of benzene rings is 4. The molecule has 0 aliphatic heterocycles. The predicted octanol–water partition coefficient (Wildman–Crippen LogP) is 5.19. The van der Waals surface area contributed by atoms with Crippen LogP contribution in [0.3, 0.4) is 0 Å². The summed E-state index contributed by atoms with van der Waals surface area (Å²) in [4.78, 5) is 33.4. The number of urea groups is 1. The summed E-state index contributed by atoms with van der Waals surface area (Å²) in [6.45, 7) is 0. The third kappa shape index (κ3) is 5.49. The highest BCUT2D eigenvalue weighted by Crippen LogP contribution is 2.31. The van der Waals surface area contributed by atoms with Crippen molar-refractivity contribution in [2.24, 2.45) is 10.8 Å². The van der Waals surface area contributed by atoms with Crippen molar-refractivity contribution in [2.45, 2.75) is 0 Å². The summed E-state index contributed by atoms with van der Waals surface area (Å²) in [7, 11) is 0. The number of primary amides is 1. The number of carbonyl (C=O) groups is 2. The van der Waals surface area contributed by atoms with Crippen molar-refractivity contribution in [1.29, 1.82) is 0 Å². The fourth-order valence-electron chi connectivity index (χ4n) is 3.73. The largest absolute Gasteiger partial charge is 0.423 e. The number of amides is 2. The van der Waals surface area contributed by atoms with E-state index in [0.717, 1.165) is 22.5 Å². The van der Waals surface area contributed by atoms with E-state index in [-0.39, 0.29) is 0 Å². The zero-order valence-electron chi connectivity index (χ0n) is 19.5. The number of hydrogen-bond donors (Lipinski definition) is 2. The quantitative estimate of drug-likeness (QED) is 0.148. The molecule has 0 saturated carbocycles. The number of aromatic nitrogens is 2. The Morgan fingerprint density at radius 3 is 1.95 bits per heavy atom. The van der Waals surface area contributed by atoms with Crippen molar-refractivity contribution in [3.63, 3.8) is 0 Å². The molecule has 4 aromatic carbocycles. The maximum absolute atomic E-state index is 12.9. The average molecular weight is 488 g/mol. The lowest BCUT2D eigenvalue weighted by Gasteiger charge is -2.11. The summed E-state index contributed by atoms with van der Waals surface area (Å²) >= 11 is 0. The molecule has 0 bridgehead atoms. The van der Waals surface area contributed by atoms with Crippen LogP contribution in [0.15, 0.2) is 108 Å². The van der Waals surface area contributed by atoms with Crippen LogP contribution < -0.4 is 15.9 Å². The van der Waals surface area contributed by atoms with Crippen molar-refractivity contribution in [3.8, 4) is 28.3 Å². The number of nitrogens with two attached hydrogens (primary N) is 1. The summed E-state index contributed by atoms with van der Waals surface area (Å²) in [6.07, 6.45) is 1.42. The highest BCUT2D eigenvalue weighted by atomic mass is 16.5. The van der Waals surface area contributed by atoms with E-state index in [4.69, 9.17) is 20.4 Å². The van der Waals surface area contributed by atoms with E-state index < -0.39 is 12.0 Å². The van der Waals surface area contributed by atoms with Gasteiger partial charge in [0.05, 0.1) is 34.2 Å². The first-order valence-corrected chi connectivity index (χ1v) is 11.4. The SMILES string of the molecule is NC(=O)N/N=C\c1ccc(OC(=O)c2ccc3nc(-c4ccccc4)c(-c4ccccc4)nc3c2)cc1. The molecule has 8 nitrogen and oxygen atoms in total. The first kappa shape index (κ1) is 23.4. The number of carbonyl (C=O) groups excluding carboxylic acids is 2. The maximum Gasteiger partial charge on any atom is 0.343 e. The van der Waals surface area contributed by atoms with Gasteiger partial charge < -0.3 is 10.5 Å². The zero-order chi connectivity index (χ0) is 25.6. The fourth-order valence-corrected chi connectivity index (χ4v) is 3.73. The van der Waals surface area contributed by atoms with Gasteiger partial charge in [-0.1, -0.05) is 60.7 Å². The number of nitrogens with one attached hydrogen (secondary N) is 1. The second kappa shape index (κ2) is 10.5. The van der Waals surface area contributed by atoms with Crippen LogP contribution >= 0.6 is 0 Å². The highest BCUT2D eigenvalue weighted by molar-refractivity contribution is 5.96. The van der Waals surface area contributed by atoms with Gasteiger partial charge in [0, 0.05) is 11.1 Å². The molecule has 2 amide bonds. The number of fused-ring (bicyclic) bond motifs is 1. The third-order valence-corrected chi connectivity index (χ3v) is 5.47. The number of esters is 1. The van der Waals surface area contributed by atoms with Crippen molar-refractivity contribution < 1.29 is 14.3 Å². The number of nitrogens with zero attached hydrogens (tertiary/aromatic N) is 3. The molecule has 3 N–H and O–H groups in total. The monoisotopic (exact) mass is 487 g/mol. The molecule has 8 heteroatoms. The molecule has 1 aromatic heterocycles. The Balaban J connectivity index is 1.44. The van der Waals surface area contributed by atoms with Crippen LogP contribution in [-0.2, 0) is 0 Å². The Bertz CT molecular complexity index is 1600. The van der Waals surface area contributed by atoms with Gasteiger partial charge in [-0.3, -0.25) is 0 Å². The Morgan fingerprint density at radius 2 is 1.35 bits per heavy atom. The topological polar surface area (TPSA) is 120 Å². The number of ether oxygens (including phenoxy) is 1. The standard InChI is InChI=1S/C29H21N5O3/c30-29(36)34-31-18-19-11-14-23(15-12-19)37-28(35)22-13-16-24-25(17-22)33-27(21-9-5-2-6-10-21)26(32-24)20-7-3-1-4-8-20/h1-18H,(H3,30,34,36)/b31-18-. The Labute approximate surface area is 212 Å². The van der Waals surface area contributed by atoms with Crippen LogP contribution in [0.1, 0.15) is 15.9 Å². The molecule has 0 aliphatic rings. The summed E-state index contributed by atoms with van der Waals surface area (Å²) < 4.78 is 5.53. The molecule has 0 aliphatic carbocycles. The minimum Gasteiger partial charge on any atom is -0.423 e. The van der Waals surface area contributed by atoms with Gasteiger partial charge in [0.2, 0.25) is 0 Å². The van der Waals surface area contributed by atoms with Crippen LogP contribution in [0.5, 0.6) is 5.75 Å². The summed E-state index contributed by atoms with van der Waals surface area (Å²) in [5.74, 6) is -0.158. The molecule has 0 radical (unpaired) electrons. The van der Waals surface area contributed by atoms with Crippen LogP contribution in [0.4, 0.5) is 4.79 Å². The third-order valence-electron chi connectivity index (χ3n) is 5.47. The molecular weight excluding hydrogens is 466 g/mol. The first-order chi connectivity index (χ1) is 18.1. The number of rotatable bonds is 6. The lowest BCUT2D eigenvalue weighted by Crippen LogP contribution is -2.24. The molecule has 37 heavy (non-hydrogen) atoms. The van der Waals surface area contributed by atoms with E-state index in [1.165, 1.54) is 6.21 Å². The van der Waals surface area contributed by atoms with E-state index in [2.05, 4.69) is 10.5 Å². The van der Waals surface area contributed by atoms with Gasteiger partial charge in [-0.05, 0) is 48.0 Å². The van der Waals surface area contributed by atoms with Gasteiger partial charge in [-0.15, -0.1) is 0 Å². The lowest BCUT2D eigenvalue weighted by atomic mass is 10.0. The summed E-state index contributed by atoms with van der Waals surface area (Å²) in [6, 6.07) is 30.7. The minimum atomic E-state index is -0.756. The number of hydrogen-bond acceptors (Lipinski definition) is 6. The normalized spacial score (nSPS) is 10.9. The molecule has 5 rings (SSSR count). The fraction of sp³-hybridized carbons (Fsp3) is 0. The van der Waals surface area contributed by atoms with Crippen LogP contribution in [-0.4, -0.2) is 28.2 Å². The lowest BCUT2D eigenvalue weighted by molar-refractivity contribution is 0.0735. The van der Waals surface area contributed by atoms with Crippen LogP contribution in [0.2, 0.25) is 0 Å². The van der Waals surface area contributed by atoms with Crippen LogP contribution in [0.25, 0.3) is 33.5 Å². The molecule has 0 unspecified atom stereocenters. The second-order valence-electron chi connectivity index (χ2n) is 8.05. The molecule has 0 fully saturated rings. The van der Waals surface area contributed by atoms with Crippen LogP contribution in [0, 0.1) is 0 Å². The zero-order valence-corrected chi connectivity index (χ0v) is 19.5. The van der Waals surface area contributed by atoms with Crippen molar-refractivity contribution >= 4 is 29.2 Å². The van der Waals surface area contributed by atoms with E-state index in [1.54, 1.807) is 42.5 Å². The Morgan fingerprint density at radius 1 is 0.757 bits per heavy atom. The summed E-state index contributed by atoms with van der Waals surface area (Å²) in [5, 5.41) is 3.69. The minimum absolute atomic E-state index is 0.351. The van der Waals surface area contributed by atoms with Gasteiger partial charge in [0.1, 0.15) is 5.75 Å². The van der Waals surface area contributed by atoms with Crippen molar-refractivity contribution in [3.05, 3.63) is 114 Å². The molecule has 1 heterocycles. The molecule has 0 atom stereocenters. The van der Waals surface area contributed by atoms with Gasteiger partial charge in [0.15, 0.2) is 0 Å². The smallest absolute Gasteiger partial charge is 0.343 e. The van der Waals surface area contributed by atoms with Gasteiger partial charge in [0.25, 0.3) is 0 Å². The second-order valence-corrected chi connectivity index (χ2v) is 8.05. The van der Waals surface area contributed by atoms with E-state index in [9.17, 15) is 9.59 Å². The Hall–Kier alpha value is -5.37. The van der Waals surface area contributed by atoms with E-state index in [1.807, 2.05) is 60.7 Å². The van der Waals surface area contributed by atoms with Gasteiger partial charge in [-0.2, -0.15) is 5.10 Å². The van der Waals surface area contributed by atoms with Crippen molar-refractivity contribution in [1.82, 2.24) is 15.4 Å². The first-order valence-electron chi connectivity index (χ1n) is 11.4. The Kier molecular flexibility index (Phi) is 6.63. The highest BCUT2D eigenvalue weighted by Gasteiger charge is 2.15. The van der Waals surface area contributed by atoms with E-state index >= 15 is 0 Å². The maximum atomic E-state index is 12.9. The molecule has 180 valence electrons. The van der Waals surface area contributed by atoms with Gasteiger partial charge >= 0.3 is 12.0 Å².